The van der Waals surface area contributed by atoms with Crippen molar-refractivity contribution >= 4 is 28.9 Å². The van der Waals surface area contributed by atoms with E-state index in [4.69, 9.17) is 0 Å². The van der Waals surface area contributed by atoms with E-state index in [9.17, 15) is 14.0 Å². The van der Waals surface area contributed by atoms with Crippen molar-refractivity contribution in [2.45, 2.75) is 19.1 Å². The van der Waals surface area contributed by atoms with Gasteiger partial charge in [0.1, 0.15) is 5.82 Å². The first-order chi connectivity index (χ1) is 17.0. The van der Waals surface area contributed by atoms with Gasteiger partial charge >= 0.3 is 0 Å². The van der Waals surface area contributed by atoms with Gasteiger partial charge in [0.25, 0.3) is 11.8 Å². The quantitative estimate of drug-likeness (QED) is 0.430. The summed E-state index contributed by atoms with van der Waals surface area (Å²) in [7, 11) is 0. The second-order valence-electron chi connectivity index (χ2n) is 8.86. The van der Waals surface area contributed by atoms with Crippen molar-refractivity contribution in [1.29, 1.82) is 0 Å². The largest absolute Gasteiger partial charge is 0.350 e. The lowest BCUT2D eigenvalue weighted by molar-refractivity contribution is -0.122. The highest BCUT2D eigenvalue weighted by Gasteiger charge is 2.59. The molecule has 6 rings (SSSR count). The molecule has 0 unspecified atom stereocenters. The highest BCUT2D eigenvalue weighted by Crippen LogP contribution is 2.50. The number of nitrogens with zero attached hydrogens (tertiary/aromatic N) is 2. The van der Waals surface area contributed by atoms with Crippen LogP contribution in [0.15, 0.2) is 97.1 Å². The van der Waals surface area contributed by atoms with Gasteiger partial charge in [-0.1, -0.05) is 66.2 Å². The average molecular weight is 464 g/mol. The highest BCUT2D eigenvalue weighted by molar-refractivity contribution is 6.22. The monoisotopic (exact) mass is 463 g/mol. The van der Waals surface area contributed by atoms with Crippen LogP contribution in [0.2, 0.25) is 0 Å². The van der Waals surface area contributed by atoms with Crippen molar-refractivity contribution in [3.05, 3.63) is 125 Å². The van der Waals surface area contributed by atoms with Crippen LogP contribution >= 0.6 is 0 Å². The van der Waals surface area contributed by atoms with Gasteiger partial charge in [-0.15, -0.1) is 0 Å². The number of fused-ring (bicyclic) bond motifs is 3. The van der Waals surface area contributed by atoms with Gasteiger partial charge in [-0.25, -0.2) is 4.39 Å². The van der Waals surface area contributed by atoms with Crippen molar-refractivity contribution in [2.75, 3.05) is 15.1 Å². The van der Waals surface area contributed by atoms with Crippen LogP contribution in [0, 0.1) is 12.7 Å². The zero-order valence-electron chi connectivity index (χ0n) is 19.0. The molecule has 2 aliphatic rings. The Balaban J connectivity index is 1.58. The second-order valence-corrected chi connectivity index (χ2v) is 8.86. The van der Waals surface area contributed by atoms with Crippen LogP contribution in [0.5, 0.6) is 0 Å². The minimum atomic E-state index is -1.51. The topological polar surface area (TPSA) is 52.7 Å². The van der Waals surface area contributed by atoms with E-state index in [0.29, 0.717) is 33.8 Å². The molecule has 0 aromatic heterocycles. The van der Waals surface area contributed by atoms with Crippen molar-refractivity contribution in [1.82, 2.24) is 0 Å². The predicted octanol–water partition coefficient (Wildman–Crippen LogP) is 5.61. The predicted molar refractivity (Wildman–Crippen MR) is 134 cm³/mol. The fourth-order valence-corrected chi connectivity index (χ4v) is 5.03. The Hall–Kier alpha value is -4.45. The Morgan fingerprint density at radius 3 is 2.31 bits per heavy atom. The summed E-state index contributed by atoms with van der Waals surface area (Å²) in [4.78, 5) is 31.5. The Labute approximate surface area is 202 Å². The van der Waals surface area contributed by atoms with Gasteiger partial charge in [-0.2, -0.15) is 0 Å². The standard InChI is InChI=1S/C29H22FN3O2/c1-19-14-16-21(17-15-19)33-27(34)22-9-3-6-12-25(22)31-29(33)23-10-4-7-13-26(23)32(28(29)35)18-20-8-2-5-11-24(20)30/h2-17,31H,18H2,1H3/t29-/m0/s1. The number of rotatable bonds is 3. The molecule has 2 heterocycles. The molecule has 0 fully saturated rings. The summed E-state index contributed by atoms with van der Waals surface area (Å²) in [6.07, 6.45) is 0. The number of hydrogen-bond acceptors (Lipinski definition) is 3. The van der Waals surface area contributed by atoms with Crippen LogP contribution < -0.4 is 15.1 Å². The first-order valence-corrected chi connectivity index (χ1v) is 11.4. The third-order valence-corrected chi connectivity index (χ3v) is 6.73. The number of halogens is 1. The van der Waals surface area contributed by atoms with E-state index >= 15 is 0 Å². The summed E-state index contributed by atoms with van der Waals surface area (Å²) < 4.78 is 14.6. The number of aryl methyl sites for hydroxylation is 1. The van der Waals surface area contributed by atoms with Crippen LogP contribution in [-0.4, -0.2) is 11.8 Å². The van der Waals surface area contributed by atoms with Gasteiger partial charge in [0, 0.05) is 22.5 Å². The van der Waals surface area contributed by atoms with Crippen LogP contribution in [-0.2, 0) is 17.0 Å². The van der Waals surface area contributed by atoms with Crippen molar-refractivity contribution in [2.24, 2.45) is 0 Å². The second kappa shape index (κ2) is 7.81. The number of carbonyl (C=O) groups excluding carboxylic acids is 2. The molecular formula is C29H22FN3O2. The molecule has 2 aliphatic heterocycles. The molecule has 4 aromatic rings. The number of hydrogen-bond donors (Lipinski definition) is 1. The minimum Gasteiger partial charge on any atom is -0.350 e. The van der Waals surface area contributed by atoms with E-state index in [1.807, 2.05) is 61.5 Å². The first kappa shape index (κ1) is 21.1. The Kier molecular flexibility index (Phi) is 4.71. The van der Waals surface area contributed by atoms with Crippen molar-refractivity contribution in [3.63, 3.8) is 0 Å². The zero-order valence-corrected chi connectivity index (χ0v) is 19.0. The number of amides is 2. The van der Waals surface area contributed by atoms with Gasteiger partial charge in [0.15, 0.2) is 0 Å². The van der Waals surface area contributed by atoms with Crippen LogP contribution in [0.4, 0.5) is 21.5 Å². The molecule has 4 aromatic carbocycles. The molecule has 1 atom stereocenters. The van der Waals surface area contributed by atoms with E-state index in [0.717, 1.165) is 5.56 Å². The van der Waals surface area contributed by atoms with Crippen molar-refractivity contribution in [3.8, 4) is 0 Å². The molecule has 35 heavy (non-hydrogen) atoms. The van der Waals surface area contributed by atoms with Gasteiger partial charge in [-0.3, -0.25) is 14.5 Å². The Bertz CT molecular complexity index is 1480. The van der Waals surface area contributed by atoms with E-state index < -0.39 is 5.66 Å². The molecule has 1 N–H and O–H groups in total. The minimum absolute atomic E-state index is 0.0452. The smallest absolute Gasteiger partial charge is 0.279 e. The third kappa shape index (κ3) is 3.06. The van der Waals surface area contributed by atoms with E-state index in [1.54, 1.807) is 41.3 Å². The molecule has 6 heteroatoms. The maximum Gasteiger partial charge on any atom is 0.279 e. The lowest BCUT2D eigenvalue weighted by Crippen LogP contribution is -2.63. The molecule has 172 valence electrons. The first-order valence-electron chi connectivity index (χ1n) is 11.4. The SMILES string of the molecule is Cc1ccc(N2C(=O)c3ccccc3N[C@]23C(=O)N(Cc2ccccc2F)c2ccccc23)cc1. The van der Waals surface area contributed by atoms with Crippen molar-refractivity contribution < 1.29 is 14.0 Å². The zero-order chi connectivity index (χ0) is 24.2. The molecule has 0 radical (unpaired) electrons. The highest BCUT2D eigenvalue weighted by atomic mass is 19.1. The van der Waals surface area contributed by atoms with E-state index in [2.05, 4.69) is 5.32 Å². The number of para-hydroxylation sites is 2. The Morgan fingerprint density at radius 2 is 1.51 bits per heavy atom. The number of nitrogens with one attached hydrogen (secondary N) is 1. The average Bonchev–Trinajstić information content (AvgIpc) is 3.10. The number of benzene rings is 4. The van der Waals surface area contributed by atoms with Gasteiger partial charge in [-0.05, 0) is 43.3 Å². The fourth-order valence-electron chi connectivity index (χ4n) is 5.03. The Morgan fingerprint density at radius 1 is 0.829 bits per heavy atom. The van der Waals surface area contributed by atoms with Gasteiger partial charge in [0.2, 0.25) is 5.66 Å². The van der Waals surface area contributed by atoms with Crippen LogP contribution in [0.25, 0.3) is 0 Å². The summed E-state index contributed by atoms with van der Waals surface area (Å²) in [6, 6.07) is 28.5. The van der Waals surface area contributed by atoms with Gasteiger partial charge < -0.3 is 10.2 Å². The summed E-state index contributed by atoms with van der Waals surface area (Å²) in [5.74, 6) is -1.00. The molecule has 2 amide bonds. The lowest BCUT2D eigenvalue weighted by atomic mass is 9.92. The van der Waals surface area contributed by atoms with Crippen LogP contribution in [0.1, 0.15) is 27.0 Å². The van der Waals surface area contributed by atoms with Gasteiger partial charge in [0.05, 0.1) is 17.8 Å². The molecule has 5 nitrogen and oxygen atoms in total. The molecular weight excluding hydrogens is 441 g/mol. The van der Waals surface area contributed by atoms with Crippen LogP contribution in [0.3, 0.4) is 0 Å². The molecule has 0 saturated heterocycles. The number of carbonyl (C=O) groups is 2. The summed E-state index contributed by atoms with van der Waals surface area (Å²) in [5, 5.41) is 3.42. The normalized spacial score (nSPS) is 18.5. The summed E-state index contributed by atoms with van der Waals surface area (Å²) in [5.41, 5.74) is 2.87. The maximum atomic E-state index is 14.6. The maximum absolute atomic E-state index is 14.6. The van der Waals surface area contributed by atoms with E-state index in [-0.39, 0.29) is 24.2 Å². The molecule has 1 spiro atoms. The number of anilines is 3. The van der Waals surface area contributed by atoms with E-state index in [1.165, 1.54) is 11.0 Å². The third-order valence-electron chi connectivity index (χ3n) is 6.73. The molecule has 0 saturated carbocycles. The fraction of sp³-hybridized carbons (Fsp3) is 0.103. The lowest BCUT2D eigenvalue weighted by Gasteiger charge is -2.45. The summed E-state index contributed by atoms with van der Waals surface area (Å²) >= 11 is 0. The summed E-state index contributed by atoms with van der Waals surface area (Å²) in [6.45, 7) is 2.01. The molecule has 0 bridgehead atoms. The molecule has 0 aliphatic carbocycles.